The Hall–Kier alpha value is -3.47. The number of rotatable bonds is 6. The van der Waals surface area contributed by atoms with Crippen molar-refractivity contribution < 1.29 is 9.59 Å². The van der Waals surface area contributed by atoms with E-state index in [1.165, 1.54) is 0 Å². The van der Waals surface area contributed by atoms with Crippen molar-refractivity contribution >= 4 is 11.8 Å². The Kier molecular flexibility index (Phi) is 5.72. The van der Waals surface area contributed by atoms with Gasteiger partial charge in [-0.1, -0.05) is 66.7 Å². The largest absolute Gasteiger partial charge is 0.347 e. The molecule has 3 aromatic rings. The predicted molar refractivity (Wildman–Crippen MR) is 99.5 cm³/mol. The van der Waals surface area contributed by atoms with Crippen LogP contribution in [0.2, 0.25) is 0 Å². The number of nitrogens with zero attached hydrogens (tertiary/aromatic N) is 1. The summed E-state index contributed by atoms with van der Waals surface area (Å²) in [4.78, 5) is 28.7. The second-order valence-electron chi connectivity index (χ2n) is 5.74. The minimum absolute atomic E-state index is 0.216. The average molecular weight is 345 g/mol. The van der Waals surface area contributed by atoms with E-state index in [1.54, 1.807) is 18.2 Å². The van der Waals surface area contributed by atoms with Crippen molar-refractivity contribution in [2.75, 3.05) is 0 Å². The van der Waals surface area contributed by atoms with Gasteiger partial charge >= 0.3 is 0 Å². The Bertz CT molecular complexity index is 809. The first-order chi connectivity index (χ1) is 12.7. The summed E-state index contributed by atoms with van der Waals surface area (Å²) in [5.41, 5.74) is 2.43. The molecule has 26 heavy (non-hydrogen) atoms. The average Bonchev–Trinajstić information content (AvgIpc) is 2.72. The molecule has 2 N–H and O–H groups in total. The highest BCUT2D eigenvalue weighted by Crippen LogP contribution is 2.03. The molecule has 5 heteroatoms. The standard InChI is InChI=1S/C21H19N3O2/c25-20(22-14-16-8-3-1-4-9-16)18-12-7-13-19(24-18)21(26)23-15-17-10-5-2-6-11-17/h1-13H,14-15H2,(H,22,25)(H,23,26). The molecule has 0 aliphatic carbocycles. The van der Waals surface area contributed by atoms with Gasteiger partial charge in [0.25, 0.3) is 11.8 Å². The van der Waals surface area contributed by atoms with E-state index in [0.717, 1.165) is 11.1 Å². The van der Waals surface area contributed by atoms with E-state index in [9.17, 15) is 9.59 Å². The van der Waals surface area contributed by atoms with Gasteiger partial charge in [-0.3, -0.25) is 9.59 Å². The summed E-state index contributed by atoms with van der Waals surface area (Å²) in [5.74, 6) is -0.627. The zero-order valence-electron chi connectivity index (χ0n) is 14.2. The molecular formula is C21H19N3O2. The quantitative estimate of drug-likeness (QED) is 0.721. The van der Waals surface area contributed by atoms with Gasteiger partial charge < -0.3 is 10.6 Å². The van der Waals surface area contributed by atoms with E-state index in [2.05, 4.69) is 15.6 Å². The monoisotopic (exact) mass is 345 g/mol. The van der Waals surface area contributed by atoms with Crippen molar-refractivity contribution in [1.82, 2.24) is 15.6 Å². The van der Waals surface area contributed by atoms with E-state index in [-0.39, 0.29) is 23.2 Å². The SMILES string of the molecule is O=C(NCc1ccccc1)c1cccc(C(=O)NCc2ccccc2)n1. The van der Waals surface area contributed by atoms with Gasteiger partial charge in [-0.2, -0.15) is 0 Å². The summed E-state index contributed by atoms with van der Waals surface area (Å²) in [6, 6.07) is 24.1. The molecule has 0 spiro atoms. The molecule has 2 aromatic carbocycles. The Balaban J connectivity index is 1.60. The van der Waals surface area contributed by atoms with Crippen LogP contribution in [0.5, 0.6) is 0 Å². The maximum Gasteiger partial charge on any atom is 0.270 e. The van der Waals surface area contributed by atoms with Crippen molar-refractivity contribution in [2.45, 2.75) is 13.1 Å². The first-order valence-electron chi connectivity index (χ1n) is 8.34. The number of carbonyl (C=O) groups excluding carboxylic acids is 2. The number of aromatic nitrogens is 1. The van der Waals surface area contributed by atoms with Gasteiger partial charge in [-0.05, 0) is 23.3 Å². The van der Waals surface area contributed by atoms with Crippen molar-refractivity contribution in [2.24, 2.45) is 0 Å². The zero-order valence-corrected chi connectivity index (χ0v) is 14.2. The number of carbonyl (C=O) groups is 2. The number of benzene rings is 2. The summed E-state index contributed by atoms with van der Waals surface area (Å²) in [6.07, 6.45) is 0. The van der Waals surface area contributed by atoms with Crippen LogP contribution in [-0.2, 0) is 13.1 Å². The van der Waals surface area contributed by atoms with Crippen LogP contribution < -0.4 is 10.6 Å². The lowest BCUT2D eigenvalue weighted by Crippen LogP contribution is -2.27. The molecule has 0 aliphatic rings. The lowest BCUT2D eigenvalue weighted by Gasteiger charge is -2.07. The Labute approximate surface area is 152 Å². The van der Waals surface area contributed by atoms with Crippen LogP contribution in [0.15, 0.2) is 78.9 Å². The summed E-state index contributed by atoms with van der Waals surface area (Å²) < 4.78 is 0. The molecule has 2 amide bonds. The van der Waals surface area contributed by atoms with Gasteiger partial charge in [0.05, 0.1) is 0 Å². The fourth-order valence-electron chi connectivity index (χ4n) is 2.43. The molecule has 0 saturated heterocycles. The van der Waals surface area contributed by atoms with E-state index >= 15 is 0 Å². The molecule has 0 aliphatic heterocycles. The van der Waals surface area contributed by atoms with E-state index < -0.39 is 0 Å². The molecule has 0 bridgehead atoms. The number of amides is 2. The van der Waals surface area contributed by atoms with Gasteiger partial charge in [0.1, 0.15) is 11.4 Å². The summed E-state index contributed by atoms with van der Waals surface area (Å²) >= 11 is 0. The van der Waals surface area contributed by atoms with E-state index in [0.29, 0.717) is 13.1 Å². The first kappa shape index (κ1) is 17.4. The van der Waals surface area contributed by atoms with Gasteiger partial charge in [0, 0.05) is 13.1 Å². The van der Waals surface area contributed by atoms with Gasteiger partial charge in [0.2, 0.25) is 0 Å². The lowest BCUT2D eigenvalue weighted by molar-refractivity contribution is 0.0941. The van der Waals surface area contributed by atoms with Crippen LogP contribution >= 0.6 is 0 Å². The molecule has 3 rings (SSSR count). The molecule has 0 saturated carbocycles. The normalized spacial score (nSPS) is 10.2. The molecule has 0 atom stereocenters. The molecule has 1 heterocycles. The van der Waals surface area contributed by atoms with Crippen molar-refractivity contribution in [3.8, 4) is 0 Å². The maximum absolute atomic E-state index is 12.3. The minimum atomic E-state index is -0.313. The third-order valence-electron chi connectivity index (χ3n) is 3.81. The fourth-order valence-corrected chi connectivity index (χ4v) is 2.43. The third kappa shape index (κ3) is 4.77. The lowest BCUT2D eigenvalue weighted by atomic mass is 10.2. The predicted octanol–water partition coefficient (Wildman–Crippen LogP) is 2.94. The first-order valence-corrected chi connectivity index (χ1v) is 8.34. The Morgan fingerprint density at radius 3 is 1.46 bits per heavy atom. The van der Waals surface area contributed by atoms with Crippen LogP contribution in [0, 0.1) is 0 Å². The molecule has 1 aromatic heterocycles. The number of hydrogen-bond acceptors (Lipinski definition) is 3. The zero-order chi connectivity index (χ0) is 18.2. The summed E-state index contributed by atoms with van der Waals surface area (Å²) in [7, 11) is 0. The van der Waals surface area contributed by atoms with Gasteiger partial charge in [-0.15, -0.1) is 0 Å². The second-order valence-corrected chi connectivity index (χ2v) is 5.74. The van der Waals surface area contributed by atoms with Crippen LogP contribution in [0.1, 0.15) is 32.1 Å². The highest BCUT2D eigenvalue weighted by molar-refractivity contribution is 5.96. The molecule has 5 nitrogen and oxygen atoms in total. The number of hydrogen-bond donors (Lipinski definition) is 2. The summed E-state index contributed by atoms with van der Waals surface area (Å²) in [5, 5.41) is 5.61. The third-order valence-corrected chi connectivity index (χ3v) is 3.81. The highest BCUT2D eigenvalue weighted by Gasteiger charge is 2.12. The molecule has 0 radical (unpaired) electrons. The fraction of sp³-hybridized carbons (Fsp3) is 0.0952. The maximum atomic E-state index is 12.3. The van der Waals surface area contributed by atoms with Crippen LogP contribution in [0.4, 0.5) is 0 Å². The van der Waals surface area contributed by atoms with E-state index in [1.807, 2.05) is 60.7 Å². The second kappa shape index (κ2) is 8.58. The Morgan fingerprint density at radius 1 is 0.615 bits per heavy atom. The highest BCUT2D eigenvalue weighted by atomic mass is 16.2. The van der Waals surface area contributed by atoms with Crippen molar-refractivity contribution in [3.05, 3.63) is 101 Å². The molecule has 130 valence electrons. The van der Waals surface area contributed by atoms with Crippen LogP contribution in [0.25, 0.3) is 0 Å². The van der Waals surface area contributed by atoms with Crippen molar-refractivity contribution in [3.63, 3.8) is 0 Å². The molecular weight excluding hydrogens is 326 g/mol. The number of pyridine rings is 1. The smallest absolute Gasteiger partial charge is 0.270 e. The summed E-state index contributed by atoms with van der Waals surface area (Å²) in [6.45, 7) is 0.817. The number of nitrogens with one attached hydrogen (secondary N) is 2. The molecule has 0 unspecified atom stereocenters. The van der Waals surface area contributed by atoms with Crippen LogP contribution in [0.3, 0.4) is 0 Å². The minimum Gasteiger partial charge on any atom is -0.347 e. The van der Waals surface area contributed by atoms with Gasteiger partial charge in [-0.25, -0.2) is 4.98 Å². The van der Waals surface area contributed by atoms with Crippen molar-refractivity contribution in [1.29, 1.82) is 0 Å². The van der Waals surface area contributed by atoms with E-state index in [4.69, 9.17) is 0 Å². The Morgan fingerprint density at radius 2 is 1.04 bits per heavy atom. The van der Waals surface area contributed by atoms with Crippen LogP contribution in [-0.4, -0.2) is 16.8 Å². The molecule has 0 fully saturated rings. The van der Waals surface area contributed by atoms with Gasteiger partial charge in [0.15, 0.2) is 0 Å². The topological polar surface area (TPSA) is 71.1 Å².